The molecule has 1 aliphatic rings. The molecule has 0 atom stereocenters. The number of rotatable bonds is 2. The molecule has 0 radical (unpaired) electrons. The summed E-state index contributed by atoms with van der Waals surface area (Å²) in [5.41, 5.74) is 0.893. The summed E-state index contributed by atoms with van der Waals surface area (Å²) in [5.74, 6) is -1.11. The molecule has 8 heteroatoms. The van der Waals surface area contributed by atoms with Crippen molar-refractivity contribution in [2.45, 2.75) is 10.6 Å². The average molecular weight is 308 g/mol. The predicted molar refractivity (Wildman–Crippen MR) is 73.0 cm³/mol. The maximum absolute atomic E-state index is 12.3. The fraction of sp³-hybridized carbons (Fsp3) is 0.231. The predicted octanol–water partition coefficient (Wildman–Crippen LogP) is 1.08. The maximum atomic E-state index is 12.3. The van der Waals surface area contributed by atoms with Gasteiger partial charge in [-0.25, -0.2) is 13.2 Å². The highest BCUT2D eigenvalue weighted by Gasteiger charge is 2.35. The minimum atomic E-state index is -3.60. The number of carboxylic acids is 1. The minimum Gasteiger partial charge on any atom is -0.497 e. The highest BCUT2D eigenvalue weighted by Crippen LogP contribution is 2.40. The first kappa shape index (κ1) is 13.6. The molecule has 21 heavy (non-hydrogen) atoms. The molecule has 0 saturated heterocycles. The molecule has 0 fully saturated rings. The molecule has 7 nitrogen and oxygen atoms in total. The molecule has 2 heterocycles. The number of nitrogens with zero attached hydrogens (tertiary/aromatic N) is 2. The van der Waals surface area contributed by atoms with E-state index in [0.717, 1.165) is 0 Å². The Kier molecular flexibility index (Phi) is 2.80. The first-order valence-corrected chi connectivity index (χ1v) is 7.70. The topological polar surface area (TPSA) is 98.5 Å². The van der Waals surface area contributed by atoms with Crippen molar-refractivity contribution in [1.82, 2.24) is 9.78 Å². The number of carboxylic acid groups (broad SMARTS) is 1. The van der Waals surface area contributed by atoms with E-state index < -0.39 is 15.8 Å². The number of benzene rings is 1. The molecular weight excluding hydrogens is 296 g/mol. The van der Waals surface area contributed by atoms with Gasteiger partial charge in [0, 0.05) is 18.2 Å². The van der Waals surface area contributed by atoms with Gasteiger partial charge in [0.2, 0.25) is 0 Å². The molecule has 0 bridgehead atoms. The number of hydrogen-bond acceptors (Lipinski definition) is 5. The molecule has 3 rings (SSSR count). The number of aryl methyl sites for hydroxylation is 1. The Morgan fingerprint density at radius 1 is 1.43 bits per heavy atom. The number of aromatic carboxylic acids is 1. The van der Waals surface area contributed by atoms with Gasteiger partial charge in [-0.3, -0.25) is 4.68 Å². The highest BCUT2D eigenvalue weighted by atomic mass is 32.2. The summed E-state index contributed by atoms with van der Waals surface area (Å²) in [7, 11) is -0.528. The van der Waals surface area contributed by atoms with E-state index in [1.54, 1.807) is 19.2 Å². The van der Waals surface area contributed by atoms with Crippen molar-refractivity contribution >= 4 is 15.8 Å². The quantitative estimate of drug-likeness (QED) is 0.891. The molecular formula is C13H12N2O5S. The lowest BCUT2D eigenvalue weighted by atomic mass is 10.1. The summed E-state index contributed by atoms with van der Waals surface area (Å²) in [6, 6.07) is 4.62. The van der Waals surface area contributed by atoms with Gasteiger partial charge >= 0.3 is 5.97 Å². The average Bonchev–Trinajstić information content (AvgIpc) is 2.74. The highest BCUT2D eigenvalue weighted by molar-refractivity contribution is 7.90. The van der Waals surface area contributed by atoms with E-state index in [4.69, 9.17) is 4.74 Å². The molecule has 2 aromatic rings. The van der Waals surface area contributed by atoms with Gasteiger partial charge in [0.05, 0.1) is 23.5 Å². The fourth-order valence-corrected chi connectivity index (χ4v) is 4.15. The SMILES string of the molecule is COc1ccc2c(c1)-c1c(c(C(=O)O)nn1C)CS2(=O)=O. The molecule has 1 aromatic heterocycles. The van der Waals surface area contributed by atoms with Gasteiger partial charge in [0.25, 0.3) is 0 Å². The van der Waals surface area contributed by atoms with Crippen LogP contribution in [0, 0.1) is 0 Å². The smallest absolute Gasteiger partial charge is 0.356 e. The first-order chi connectivity index (χ1) is 9.85. The fourth-order valence-electron chi connectivity index (χ4n) is 2.57. The van der Waals surface area contributed by atoms with E-state index in [2.05, 4.69) is 5.10 Å². The summed E-state index contributed by atoms with van der Waals surface area (Å²) in [6.45, 7) is 0. The molecule has 1 N–H and O–H groups in total. The first-order valence-electron chi connectivity index (χ1n) is 6.05. The Morgan fingerprint density at radius 2 is 2.14 bits per heavy atom. The van der Waals surface area contributed by atoms with Crippen molar-refractivity contribution in [3.05, 3.63) is 29.5 Å². The van der Waals surface area contributed by atoms with E-state index in [9.17, 15) is 18.3 Å². The van der Waals surface area contributed by atoms with Crippen molar-refractivity contribution < 1.29 is 23.1 Å². The summed E-state index contributed by atoms with van der Waals surface area (Å²) in [4.78, 5) is 11.4. The lowest BCUT2D eigenvalue weighted by Crippen LogP contribution is -2.15. The van der Waals surface area contributed by atoms with Crippen LogP contribution in [-0.2, 0) is 22.6 Å². The van der Waals surface area contributed by atoms with Crippen LogP contribution in [0.5, 0.6) is 5.75 Å². The van der Waals surface area contributed by atoms with Crippen LogP contribution >= 0.6 is 0 Å². The molecule has 0 aliphatic carbocycles. The second-order valence-corrected chi connectivity index (χ2v) is 6.68. The van der Waals surface area contributed by atoms with E-state index in [0.29, 0.717) is 17.0 Å². The number of hydrogen-bond donors (Lipinski definition) is 1. The normalized spacial score (nSPS) is 15.1. The van der Waals surface area contributed by atoms with E-state index >= 15 is 0 Å². The van der Waals surface area contributed by atoms with Crippen molar-refractivity contribution in [2.24, 2.45) is 7.05 Å². The Morgan fingerprint density at radius 3 is 2.76 bits per heavy atom. The Hall–Kier alpha value is -2.35. The number of ether oxygens (including phenoxy) is 1. The van der Waals surface area contributed by atoms with Gasteiger partial charge in [-0.15, -0.1) is 0 Å². The minimum absolute atomic E-state index is 0.163. The number of fused-ring (bicyclic) bond motifs is 3. The number of sulfone groups is 1. The third kappa shape index (κ3) is 1.90. The molecule has 0 saturated carbocycles. The second kappa shape index (κ2) is 4.32. The van der Waals surface area contributed by atoms with Crippen LogP contribution in [0.2, 0.25) is 0 Å². The third-order valence-corrected chi connectivity index (χ3v) is 5.15. The van der Waals surface area contributed by atoms with E-state index in [1.165, 1.54) is 17.9 Å². The van der Waals surface area contributed by atoms with Gasteiger partial charge in [-0.2, -0.15) is 5.10 Å². The van der Waals surface area contributed by atoms with Crippen molar-refractivity contribution in [2.75, 3.05) is 7.11 Å². The van der Waals surface area contributed by atoms with E-state index in [1.807, 2.05) is 0 Å². The summed E-state index contributed by atoms with van der Waals surface area (Å²) in [5, 5.41) is 13.1. The van der Waals surface area contributed by atoms with Gasteiger partial charge in [-0.1, -0.05) is 0 Å². The van der Waals surface area contributed by atoms with Gasteiger partial charge in [0.1, 0.15) is 5.75 Å². The summed E-state index contributed by atoms with van der Waals surface area (Å²) >= 11 is 0. The number of carbonyl (C=O) groups is 1. The van der Waals surface area contributed by atoms with Crippen LogP contribution in [-0.4, -0.2) is 36.4 Å². The van der Waals surface area contributed by atoms with Crippen LogP contribution < -0.4 is 4.74 Å². The monoisotopic (exact) mass is 308 g/mol. The van der Waals surface area contributed by atoms with Gasteiger partial charge < -0.3 is 9.84 Å². The molecule has 1 aromatic carbocycles. The Labute approximate surface area is 120 Å². The van der Waals surface area contributed by atoms with E-state index in [-0.39, 0.29) is 21.9 Å². The van der Waals surface area contributed by atoms with Crippen molar-refractivity contribution in [3.63, 3.8) is 0 Å². The largest absolute Gasteiger partial charge is 0.497 e. The Balaban J connectivity index is 2.40. The van der Waals surface area contributed by atoms with Gasteiger partial charge in [0.15, 0.2) is 15.5 Å². The van der Waals surface area contributed by atoms with Crippen LogP contribution in [0.25, 0.3) is 11.3 Å². The summed E-state index contributed by atoms with van der Waals surface area (Å²) < 4.78 is 31.2. The third-order valence-electron chi connectivity index (χ3n) is 3.46. The zero-order valence-electron chi connectivity index (χ0n) is 11.3. The van der Waals surface area contributed by atoms with Crippen molar-refractivity contribution in [1.29, 1.82) is 0 Å². The molecule has 1 aliphatic heterocycles. The zero-order valence-corrected chi connectivity index (χ0v) is 12.1. The van der Waals surface area contributed by atoms with Crippen molar-refractivity contribution in [3.8, 4) is 17.0 Å². The standard InChI is InChI=1S/C13H12N2O5S/c1-15-12-8-5-7(20-2)3-4-10(8)21(18,19)6-9(12)11(14-15)13(16)17/h3-5H,6H2,1-2H3,(H,16,17). The van der Waals surface area contributed by atoms with Gasteiger partial charge in [-0.05, 0) is 18.2 Å². The van der Waals surface area contributed by atoms with Crippen LogP contribution in [0.4, 0.5) is 0 Å². The lowest BCUT2D eigenvalue weighted by Gasteiger charge is -2.18. The number of methoxy groups -OCH3 is 1. The molecule has 110 valence electrons. The molecule has 0 spiro atoms. The lowest BCUT2D eigenvalue weighted by molar-refractivity contribution is 0.0689. The second-order valence-electron chi connectivity index (χ2n) is 4.73. The van der Waals surface area contributed by atoms with Crippen LogP contribution in [0.1, 0.15) is 16.1 Å². The maximum Gasteiger partial charge on any atom is 0.356 e. The molecule has 0 amide bonds. The Bertz CT molecular complexity index is 867. The van der Waals surface area contributed by atoms with Crippen LogP contribution in [0.3, 0.4) is 0 Å². The zero-order chi connectivity index (χ0) is 15.4. The van der Waals surface area contributed by atoms with Crippen LogP contribution in [0.15, 0.2) is 23.1 Å². The number of aromatic nitrogens is 2. The molecule has 0 unspecified atom stereocenters. The summed E-state index contributed by atoms with van der Waals surface area (Å²) in [6.07, 6.45) is 0.